The third-order valence-corrected chi connectivity index (χ3v) is 6.08. The second kappa shape index (κ2) is 8.59. The van der Waals surface area contributed by atoms with Crippen molar-refractivity contribution in [2.75, 3.05) is 0 Å². The van der Waals surface area contributed by atoms with Gasteiger partial charge in [-0.05, 0) is 82.2 Å². The molecule has 0 aliphatic carbocycles. The topological polar surface area (TPSA) is 34.1 Å². The molecular formula is C23H17FO2S2. The highest BCUT2D eigenvalue weighted by atomic mass is 32.2. The van der Waals surface area contributed by atoms with Crippen molar-refractivity contribution in [2.24, 2.45) is 0 Å². The number of carbonyl (C=O) groups is 2. The van der Waals surface area contributed by atoms with Crippen LogP contribution in [-0.4, -0.2) is 10.2 Å². The van der Waals surface area contributed by atoms with Gasteiger partial charge in [-0.2, -0.15) is 0 Å². The van der Waals surface area contributed by atoms with Gasteiger partial charge < -0.3 is 0 Å². The Balaban J connectivity index is 2.04. The Bertz CT molecular complexity index is 1120. The van der Waals surface area contributed by atoms with Gasteiger partial charge in [0.2, 0.25) is 10.2 Å². The lowest BCUT2D eigenvalue weighted by Crippen LogP contribution is -1.93. The maximum atomic E-state index is 14.6. The molecule has 3 aromatic carbocycles. The first-order valence-electron chi connectivity index (χ1n) is 8.44. The molecule has 2 nitrogen and oxygen atoms in total. The summed E-state index contributed by atoms with van der Waals surface area (Å²) in [6, 6.07) is 16.2. The van der Waals surface area contributed by atoms with Gasteiger partial charge in [-0.15, -0.1) is 0 Å². The van der Waals surface area contributed by atoms with Gasteiger partial charge in [-0.3, -0.25) is 9.59 Å². The summed E-state index contributed by atoms with van der Waals surface area (Å²) in [5.41, 5.74) is 1.93. The van der Waals surface area contributed by atoms with Gasteiger partial charge in [0.15, 0.2) is 0 Å². The van der Waals surface area contributed by atoms with E-state index in [-0.39, 0.29) is 15.1 Å². The van der Waals surface area contributed by atoms with Crippen molar-refractivity contribution >= 4 is 44.5 Å². The largest absolute Gasteiger partial charge is 0.282 e. The summed E-state index contributed by atoms with van der Waals surface area (Å²) in [4.78, 5) is 24.7. The summed E-state index contributed by atoms with van der Waals surface area (Å²) < 4.78 is 14.6. The first-order valence-corrected chi connectivity index (χ1v) is 10.1. The maximum Gasteiger partial charge on any atom is 0.219 e. The first kappa shape index (κ1) is 20.1. The standard InChI is InChI=1S/C23H17FO2S2/c1-4-22(25)27-20-10-6-8-17-16(7-5-9-18(17)20)15-11-12-21(19(24)13-15)28-23(26)14(2)3/h4-13H,1-2H2,3H3. The van der Waals surface area contributed by atoms with E-state index in [9.17, 15) is 14.0 Å². The van der Waals surface area contributed by atoms with Crippen LogP contribution in [-0.2, 0) is 9.59 Å². The van der Waals surface area contributed by atoms with Gasteiger partial charge in [-0.1, -0.05) is 49.6 Å². The first-order chi connectivity index (χ1) is 13.4. The molecule has 0 radical (unpaired) electrons. The summed E-state index contributed by atoms with van der Waals surface area (Å²) in [6.07, 6.45) is 1.28. The average Bonchev–Trinajstić information content (AvgIpc) is 2.69. The van der Waals surface area contributed by atoms with Crippen LogP contribution in [0.25, 0.3) is 21.9 Å². The molecule has 0 spiro atoms. The number of halogens is 1. The highest BCUT2D eigenvalue weighted by Gasteiger charge is 2.13. The lowest BCUT2D eigenvalue weighted by molar-refractivity contribution is -0.108. The zero-order chi connectivity index (χ0) is 20.3. The van der Waals surface area contributed by atoms with Gasteiger partial charge in [-0.25, -0.2) is 4.39 Å². The van der Waals surface area contributed by atoms with E-state index in [2.05, 4.69) is 13.2 Å². The van der Waals surface area contributed by atoms with E-state index in [1.54, 1.807) is 19.1 Å². The molecule has 3 aromatic rings. The second-order valence-electron chi connectivity index (χ2n) is 6.10. The molecule has 0 heterocycles. The highest BCUT2D eigenvalue weighted by Crippen LogP contribution is 2.36. The van der Waals surface area contributed by atoms with Crippen molar-refractivity contribution in [1.82, 2.24) is 0 Å². The van der Waals surface area contributed by atoms with Crippen LogP contribution in [0.5, 0.6) is 0 Å². The van der Waals surface area contributed by atoms with Crippen molar-refractivity contribution in [3.8, 4) is 11.1 Å². The van der Waals surface area contributed by atoms with Crippen LogP contribution in [0.1, 0.15) is 6.92 Å². The van der Waals surface area contributed by atoms with Gasteiger partial charge in [0.25, 0.3) is 0 Å². The van der Waals surface area contributed by atoms with Crippen LogP contribution < -0.4 is 0 Å². The van der Waals surface area contributed by atoms with Crippen LogP contribution in [0.15, 0.2) is 89.2 Å². The fraction of sp³-hybridized carbons (Fsp3) is 0.0435. The van der Waals surface area contributed by atoms with Crippen LogP contribution in [0, 0.1) is 5.82 Å². The molecule has 0 atom stereocenters. The molecule has 3 rings (SSSR count). The van der Waals surface area contributed by atoms with Crippen LogP contribution in [0.3, 0.4) is 0 Å². The van der Waals surface area contributed by atoms with Crippen molar-refractivity contribution in [2.45, 2.75) is 16.7 Å². The van der Waals surface area contributed by atoms with Gasteiger partial charge in [0.05, 0.1) is 4.90 Å². The van der Waals surface area contributed by atoms with E-state index in [1.807, 2.05) is 36.4 Å². The molecule has 0 amide bonds. The van der Waals surface area contributed by atoms with Crippen molar-refractivity contribution in [3.05, 3.63) is 85.2 Å². The molecule has 0 aliphatic rings. The number of hydrogen-bond donors (Lipinski definition) is 0. The number of rotatable bonds is 5. The smallest absolute Gasteiger partial charge is 0.219 e. The number of fused-ring (bicyclic) bond motifs is 1. The lowest BCUT2D eigenvalue weighted by Gasteiger charge is -2.11. The number of carbonyl (C=O) groups excluding carboxylic acids is 2. The SMILES string of the molecule is C=CC(=O)Sc1cccc2c(-c3ccc(SC(=O)C(=C)C)c(F)c3)cccc12. The zero-order valence-electron chi connectivity index (χ0n) is 15.2. The minimum Gasteiger partial charge on any atom is -0.282 e. The summed E-state index contributed by atoms with van der Waals surface area (Å²) in [5, 5.41) is 1.44. The highest BCUT2D eigenvalue weighted by molar-refractivity contribution is 8.14. The fourth-order valence-electron chi connectivity index (χ4n) is 2.71. The predicted octanol–water partition coefficient (Wildman–Crippen LogP) is 6.65. The van der Waals surface area contributed by atoms with Gasteiger partial charge in [0, 0.05) is 4.90 Å². The van der Waals surface area contributed by atoms with Crippen LogP contribution in [0.2, 0.25) is 0 Å². The Morgan fingerprint density at radius 1 is 0.964 bits per heavy atom. The average molecular weight is 409 g/mol. The maximum absolute atomic E-state index is 14.6. The van der Waals surface area contributed by atoms with Crippen LogP contribution >= 0.6 is 23.5 Å². The molecule has 0 bridgehead atoms. The third kappa shape index (κ3) is 4.26. The summed E-state index contributed by atoms with van der Waals surface area (Å²) in [6.45, 7) is 8.70. The lowest BCUT2D eigenvalue weighted by atomic mass is 9.98. The van der Waals surface area contributed by atoms with E-state index in [1.165, 1.54) is 12.1 Å². The molecule has 140 valence electrons. The number of hydrogen-bond acceptors (Lipinski definition) is 4. The molecule has 0 saturated carbocycles. The molecule has 0 aromatic heterocycles. The number of thioether (sulfide) groups is 2. The van der Waals surface area contributed by atoms with Crippen molar-refractivity contribution in [3.63, 3.8) is 0 Å². The van der Waals surface area contributed by atoms with Gasteiger partial charge in [0.1, 0.15) is 5.82 Å². The quantitative estimate of drug-likeness (QED) is 0.350. The predicted molar refractivity (Wildman–Crippen MR) is 116 cm³/mol. The summed E-state index contributed by atoms with van der Waals surface area (Å²) in [5.74, 6) is -0.457. The van der Waals surface area contributed by atoms with E-state index in [4.69, 9.17) is 0 Å². The Labute approximate surface area is 171 Å². The van der Waals surface area contributed by atoms with Crippen molar-refractivity contribution in [1.29, 1.82) is 0 Å². The zero-order valence-corrected chi connectivity index (χ0v) is 16.8. The summed E-state index contributed by atoms with van der Waals surface area (Å²) >= 11 is 1.95. The Morgan fingerprint density at radius 3 is 2.36 bits per heavy atom. The van der Waals surface area contributed by atoms with E-state index < -0.39 is 5.82 Å². The third-order valence-electron chi connectivity index (χ3n) is 4.05. The Morgan fingerprint density at radius 2 is 1.68 bits per heavy atom. The van der Waals surface area contributed by atoms with E-state index in [0.29, 0.717) is 11.1 Å². The fourth-order valence-corrected chi connectivity index (χ4v) is 4.11. The Hall–Kier alpha value is -2.63. The number of benzene rings is 3. The van der Waals surface area contributed by atoms with E-state index in [0.717, 1.165) is 44.8 Å². The molecule has 0 saturated heterocycles. The normalized spacial score (nSPS) is 10.6. The molecule has 0 N–H and O–H groups in total. The molecule has 28 heavy (non-hydrogen) atoms. The molecular weight excluding hydrogens is 391 g/mol. The molecule has 0 fully saturated rings. The monoisotopic (exact) mass is 408 g/mol. The molecule has 0 aliphatic heterocycles. The minimum absolute atomic E-state index is 0.132. The van der Waals surface area contributed by atoms with E-state index >= 15 is 0 Å². The summed E-state index contributed by atoms with van der Waals surface area (Å²) in [7, 11) is 0. The molecule has 5 heteroatoms. The van der Waals surface area contributed by atoms with Crippen molar-refractivity contribution < 1.29 is 14.0 Å². The van der Waals surface area contributed by atoms with Gasteiger partial charge >= 0.3 is 0 Å². The van der Waals surface area contributed by atoms with Crippen LogP contribution in [0.4, 0.5) is 4.39 Å². The second-order valence-corrected chi connectivity index (χ2v) is 8.16. The minimum atomic E-state index is -0.457. The molecule has 0 unspecified atom stereocenters. The Kier molecular flexibility index (Phi) is 6.17.